The van der Waals surface area contributed by atoms with Crippen LogP contribution in [0.3, 0.4) is 0 Å². The second kappa shape index (κ2) is 8.52. The Morgan fingerprint density at radius 3 is 2.59 bits per heavy atom. The molecule has 34 heavy (non-hydrogen) atoms. The molecular formula is C26H21FN4O2S. The van der Waals surface area contributed by atoms with Crippen molar-refractivity contribution in [1.82, 2.24) is 9.47 Å². The highest BCUT2D eigenvalue weighted by atomic mass is 32.1. The van der Waals surface area contributed by atoms with Gasteiger partial charge in [-0.25, -0.2) is 4.39 Å². The molecule has 0 bridgehead atoms. The van der Waals surface area contributed by atoms with Gasteiger partial charge in [0.2, 0.25) is 0 Å². The van der Waals surface area contributed by atoms with Gasteiger partial charge < -0.3 is 15.2 Å². The fourth-order valence-corrected chi connectivity index (χ4v) is 5.32. The molecule has 1 atom stereocenters. The van der Waals surface area contributed by atoms with Crippen LogP contribution in [0.2, 0.25) is 0 Å². The zero-order valence-electron chi connectivity index (χ0n) is 18.4. The van der Waals surface area contributed by atoms with Crippen LogP contribution in [0.25, 0.3) is 32.5 Å². The molecule has 0 radical (unpaired) electrons. The summed E-state index contributed by atoms with van der Waals surface area (Å²) in [6.45, 7) is 1.11. The van der Waals surface area contributed by atoms with Crippen molar-refractivity contribution >= 4 is 27.5 Å². The average molecular weight is 473 g/mol. The number of hydrogen-bond acceptors (Lipinski definition) is 5. The number of benzene rings is 3. The van der Waals surface area contributed by atoms with Crippen LogP contribution in [0.1, 0.15) is 22.3 Å². The molecule has 1 aromatic heterocycles. The van der Waals surface area contributed by atoms with Gasteiger partial charge in [0.25, 0.3) is 5.91 Å². The Labute approximate surface area is 199 Å². The first kappa shape index (κ1) is 22.0. The Balaban J connectivity index is 1.66. The van der Waals surface area contributed by atoms with Crippen molar-refractivity contribution in [3.05, 3.63) is 81.2 Å². The van der Waals surface area contributed by atoms with Crippen molar-refractivity contribution in [2.45, 2.75) is 12.5 Å². The molecule has 1 aliphatic heterocycles. The molecule has 3 aromatic carbocycles. The lowest BCUT2D eigenvalue weighted by atomic mass is 9.92. The van der Waals surface area contributed by atoms with E-state index in [1.54, 1.807) is 34.7 Å². The van der Waals surface area contributed by atoms with Crippen molar-refractivity contribution in [2.75, 3.05) is 13.1 Å². The fraction of sp³-hybridized carbons (Fsp3) is 0.192. The molecule has 0 spiro atoms. The van der Waals surface area contributed by atoms with Crippen molar-refractivity contribution < 1.29 is 9.18 Å². The molecule has 170 valence electrons. The molecule has 6 nitrogen and oxygen atoms in total. The normalized spacial score (nSPS) is 15.6. The average Bonchev–Trinajstić information content (AvgIpc) is 3.40. The quantitative estimate of drug-likeness (QED) is 0.486. The highest BCUT2D eigenvalue weighted by molar-refractivity contribution is 7.16. The van der Waals surface area contributed by atoms with Crippen molar-refractivity contribution in [3.8, 4) is 28.3 Å². The van der Waals surface area contributed by atoms with Gasteiger partial charge in [0, 0.05) is 31.7 Å². The van der Waals surface area contributed by atoms with Crippen molar-refractivity contribution in [2.24, 2.45) is 12.8 Å². The van der Waals surface area contributed by atoms with Crippen LogP contribution < -0.4 is 10.6 Å². The molecule has 0 aliphatic carbocycles. The molecule has 1 fully saturated rings. The minimum Gasteiger partial charge on any atom is -0.337 e. The number of fused-ring (bicyclic) bond motifs is 1. The van der Waals surface area contributed by atoms with E-state index in [0.29, 0.717) is 29.8 Å². The van der Waals surface area contributed by atoms with Crippen LogP contribution in [0.4, 0.5) is 4.39 Å². The van der Waals surface area contributed by atoms with Crippen LogP contribution in [-0.4, -0.2) is 34.5 Å². The summed E-state index contributed by atoms with van der Waals surface area (Å²) in [5.74, 6) is -0.739. The number of aromatic nitrogens is 1. The molecule has 1 amide bonds. The van der Waals surface area contributed by atoms with Gasteiger partial charge in [-0.2, -0.15) is 5.26 Å². The Morgan fingerprint density at radius 1 is 1.12 bits per heavy atom. The number of nitrogens with two attached hydrogens (primary N) is 1. The minimum absolute atomic E-state index is 0.0277. The number of rotatable bonds is 3. The van der Waals surface area contributed by atoms with E-state index in [-0.39, 0.29) is 22.4 Å². The van der Waals surface area contributed by atoms with Crippen LogP contribution in [0.15, 0.2) is 59.4 Å². The maximum absolute atomic E-state index is 14.5. The lowest BCUT2D eigenvalue weighted by molar-refractivity contribution is 0.0791. The van der Waals surface area contributed by atoms with E-state index < -0.39 is 5.82 Å². The van der Waals surface area contributed by atoms with Gasteiger partial charge in [-0.05, 0) is 65.1 Å². The van der Waals surface area contributed by atoms with E-state index in [1.165, 1.54) is 12.1 Å². The first-order valence-corrected chi connectivity index (χ1v) is 11.7. The zero-order valence-corrected chi connectivity index (χ0v) is 19.2. The Morgan fingerprint density at radius 2 is 1.88 bits per heavy atom. The van der Waals surface area contributed by atoms with E-state index in [0.717, 1.165) is 39.1 Å². The number of hydrogen-bond donors (Lipinski definition) is 1. The van der Waals surface area contributed by atoms with Crippen molar-refractivity contribution in [3.63, 3.8) is 0 Å². The van der Waals surface area contributed by atoms with E-state index in [2.05, 4.69) is 0 Å². The number of amides is 1. The molecule has 4 aromatic rings. The van der Waals surface area contributed by atoms with Gasteiger partial charge in [-0.1, -0.05) is 29.5 Å². The molecule has 5 rings (SSSR count). The Kier molecular flexibility index (Phi) is 5.52. The van der Waals surface area contributed by atoms with Crippen LogP contribution >= 0.6 is 11.3 Å². The van der Waals surface area contributed by atoms with Gasteiger partial charge in [0.1, 0.15) is 11.9 Å². The Hall–Kier alpha value is -3.80. The van der Waals surface area contributed by atoms with Gasteiger partial charge in [-0.3, -0.25) is 9.59 Å². The second-order valence-electron chi connectivity index (χ2n) is 8.48. The van der Waals surface area contributed by atoms with E-state index >= 15 is 0 Å². The molecule has 1 saturated heterocycles. The molecule has 8 heteroatoms. The standard InChI is InChI=1S/C26H21FN4O2S/c1-30-23-7-5-16(12-24(23)34-26(30)33)20-6-4-17(25(32)31-9-8-19(29)14-31)10-21(20)15-2-3-18(13-28)22(27)11-15/h2-7,10-12,19H,8-9,14,29H2,1H3/t19-/m0/s1. The highest BCUT2D eigenvalue weighted by Crippen LogP contribution is 2.36. The summed E-state index contributed by atoms with van der Waals surface area (Å²) in [5, 5.41) is 9.12. The smallest absolute Gasteiger partial charge is 0.307 e. The minimum atomic E-state index is -0.620. The lowest BCUT2D eigenvalue weighted by Gasteiger charge is -2.18. The zero-order chi connectivity index (χ0) is 24.0. The third kappa shape index (κ3) is 3.79. The SMILES string of the molecule is Cn1c(=O)sc2cc(-c3ccc(C(=O)N4CC[C@H](N)C4)cc3-c3ccc(C#N)c(F)c3)ccc21. The lowest BCUT2D eigenvalue weighted by Crippen LogP contribution is -2.31. The Bertz CT molecular complexity index is 1550. The number of nitriles is 1. The second-order valence-corrected chi connectivity index (χ2v) is 9.47. The molecule has 0 unspecified atom stereocenters. The van der Waals surface area contributed by atoms with E-state index in [1.807, 2.05) is 30.3 Å². The molecule has 2 N–H and O–H groups in total. The number of thiazole rings is 1. The van der Waals surface area contributed by atoms with Crippen LogP contribution in [0.5, 0.6) is 0 Å². The number of carbonyl (C=O) groups is 1. The number of likely N-dealkylation sites (tertiary alicyclic amines) is 1. The number of halogens is 1. The summed E-state index contributed by atoms with van der Waals surface area (Å²) in [6.07, 6.45) is 0.761. The third-order valence-electron chi connectivity index (χ3n) is 6.28. The van der Waals surface area contributed by atoms with Crippen LogP contribution in [0, 0.1) is 17.1 Å². The summed E-state index contributed by atoms with van der Waals surface area (Å²) in [4.78, 5) is 26.9. The summed E-state index contributed by atoms with van der Waals surface area (Å²) in [6, 6.07) is 17.4. The molecule has 1 aliphatic rings. The van der Waals surface area contributed by atoms with Crippen molar-refractivity contribution in [1.29, 1.82) is 5.26 Å². The van der Waals surface area contributed by atoms with Gasteiger partial charge in [-0.15, -0.1) is 0 Å². The number of aryl methyl sites for hydroxylation is 1. The molecular weight excluding hydrogens is 451 g/mol. The maximum Gasteiger partial charge on any atom is 0.307 e. The van der Waals surface area contributed by atoms with Crippen LogP contribution in [-0.2, 0) is 7.05 Å². The molecule has 0 saturated carbocycles. The number of nitrogens with zero attached hydrogens (tertiary/aromatic N) is 3. The number of carbonyl (C=O) groups excluding carboxylic acids is 1. The van der Waals surface area contributed by atoms with E-state index in [9.17, 15) is 14.0 Å². The monoisotopic (exact) mass is 472 g/mol. The van der Waals surface area contributed by atoms with Gasteiger partial charge in [0.15, 0.2) is 0 Å². The fourth-order valence-electron chi connectivity index (χ4n) is 4.40. The van der Waals surface area contributed by atoms with E-state index in [4.69, 9.17) is 11.0 Å². The first-order valence-electron chi connectivity index (χ1n) is 10.8. The van der Waals surface area contributed by atoms with Gasteiger partial charge in [0.05, 0.1) is 15.8 Å². The largest absolute Gasteiger partial charge is 0.337 e. The first-order chi connectivity index (χ1) is 16.4. The summed E-state index contributed by atoms with van der Waals surface area (Å²) < 4.78 is 17.0. The summed E-state index contributed by atoms with van der Waals surface area (Å²) >= 11 is 1.16. The predicted molar refractivity (Wildman–Crippen MR) is 131 cm³/mol. The predicted octanol–water partition coefficient (Wildman–Crippen LogP) is 4.12. The molecule has 2 heterocycles. The summed E-state index contributed by atoms with van der Waals surface area (Å²) in [5.41, 5.74) is 10.1. The van der Waals surface area contributed by atoms with Gasteiger partial charge >= 0.3 is 4.87 Å². The third-order valence-corrected chi connectivity index (χ3v) is 7.28. The highest BCUT2D eigenvalue weighted by Gasteiger charge is 2.25. The topological polar surface area (TPSA) is 92.1 Å². The summed E-state index contributed by atoms with van der Waals surface area (Å²) in [7, 11) is 1.73. The maximum atomic E-state index is 14.5.